The van der Waals surface area contributed by atoms with E-state index in [9.17, 15) is 0 Å². The quantitative estimate of drug-likeness (QED) is 0.881. The van der Waals surface area contributed by atoms with Crippen LogP contribution in [0.25, 0.3) is 0 Å². The zero-order valence-corrected chi connectivity index (χ0v) is 12.5. The summed E-state index contributed by atoms with van der Waals surface area (Å²) in [7, 11) is 0. The molecule has 2 heterocycles. The van der Waals surface area contributed by atoms with Gasteiger partial charge in [-0.05, 0) is 19.8 Å². The Balaban J connectivity index is 1.74. The number of fused-ring (bicyclic) bond motifs is 1. The molecule has 4 unspecified atom stereocenters. The molecule has 0 amide bonds. The molecule has 110 valence electrons. The van der Waals surface area contributed by atoms with E-state index in [1.807, 2.05) is 13.0 Å². The second-order valence-electron chi connectivity index (χ2n) is 6.30. The maximum Gasteiger partial charge on any atom is 0.133 e. The summed E-state index contributed by atoms with van der Waals surface area (Å²) in [4.78, 5) is 9.07. The standard InChI is InChI=1S/C15H24N4O/c1-8(2)15-17-9(3)7-11(19-15)18-13-12(16)10-5-4-6-20-14(10)13/h7-8,10,12-14H,4-6,16H2,1-3H3,(H,17,18,19). The van der Waals surface area contributed by atoms with Gasteiger partial charge in [-0.1, -0.05) is 13.8 Å². The first-order valence-electron chi connectivity index (χ1n) is 7.55. The highest BCUT2D eigenvalue weighted by atomic mass is 16.5. The molecule has 0 bridgehead atoms. The molecule has 1 saturated carbocycles. The van der Waals surface area contributed by atoms with Crippen molar-refractivity contribution in [2.75, 3.05) is 11.9 Å². The van der Waals surface area contributed by atoms with E-state index >= 15 is 0 Å². The van der Waals surface area contributed by atoms with E-state index in [0.29, 0.717) is 11.8 Å². The molecular weight excluding hydrogens is 252 g/mol. The molecule has 1 aromatic heterocycles. The summed E-state index contributed by atoms with van der Waals surface area (Å²) in [5.41, 5.74) is 7.26. The van der Waals surface area contributed by atoms with E-state index in [4.69, 9.17) is 10.5 Å². The maximum absolute atomic E-state index is 6.28. The molecule has 0 spiro atoms. The Hall–Kier alpha value is -1.20. The number of nitrogens with two attached hydrogens (primary N) is 1. The van der Waals surface area contributed by atoms with Gasteiger partial charge in [0.1, 0.15) is 11.6 Å². The average Bonchev–Trinajstić information content (AvgIpc) is 2.43. The molecule has 2 fully saturated rings. The smallest absolute Gasteiger partial charge is 0.133 e. The molecule has 4 atom stereocenters. The molecule has 5 nitrogen and oxygen atoms in total. The molecule has 3 rings (SSSR count). The van der Waals surface area contributed by atoms with Crippen LogP contribution in [0.4, 0.5) is 5.82 Å². The first kappa shape index (κ1) is 13.8. The van der Waals surface area contributed by atoms with E-state index in [0.717, 1.165) is 30.4 Å². The SMILES string of the molecule is Cc1cc(NC2C(N)C3CCCOC32)nc(C(C)C)n1. The number of hydrogen-bond donors (Lipinski definition) is 2. The van der Waals surface area contributed by atoms with Crippen molar-refractivity contribution < 1.29 is 4.74 Å². The van der Waals surface area contributed by atoms with Gasteiger partial charge in [0.2, 0.25) is 0 Å². The van der Waals surface area contributed by atoms with Crippen LogP contribution in [0.1, 0.15) is 44.1 Å². The van der Waals surface area contributed by atoms with Crippen LogP contribution in [0.3, 0.4) is 0 Å². The summed E-state index contributed by atoms with van der Waals surface area (Å²) in [6.45, 7) is 7.06. The Morgan fingerprint density at radius 1 is 1.40 bits per heavy atom. The van der Waals surface area contributed by atoms with Gasteiger partial charge in [-0.2, -0.15) is 0 Å². The number of nitrogens with one attached hydrogen (secondary N) is 1. The van der Waals surface area contributed by atoms with Crippen LogP contribution < -0.4 is 11.1 Å². The summed E-state index contributed by atoms with van der Waals surface area (Å²) in [6, 6.07) is 2.32. The lowest BCUT2D eigenvalue weighted by atomic mass is 9.68. The molecule has 5 heteroatoms. The third-order valence-corrected chi connectivity index (χ3v) is 4.38. The maximum atomic E-state index is 6.28. The fourth-order valence-corrected chi connectivity index (χ4v) is 3.22. The largest absolute Gasteiger partial charge is 0.376 e. The first-order chi connectivity index (χ1) is 9.56. The first-order valence-corrected chi connectivity index (χ1v) is 7.55. The minimum Gasteiger partial charge on any atom is -0.376 e. The highest BCUT2D eigenvalue weighted by molar-refractivity contribution is 5.40. The van der Waals surface area contributed by atoms with E-state index in [2.05, 4.69) is 29.1 Å². The predicted octanol–water partition coefficient (Wildman–Crippen LogP) is 1.83. The minimum atomic E-state index is 0.165. The van der Waals surface area contributed by atoms with E-state index in [-0.39, 0.29) is 18.2 Å². The molecule has 1 aliphatic heterocycles. The van der Waals surface area contributed by atoms with Crippen LogP contribution in [-0.4, -0.2) is 34.8 Å². The topological polar surface area (TPSA) is 73.1 Å². The van der Waals surface area contributed by atoms with Gasteiger partial charge >= 0.3 is 0 Å². The third kappa shape index (κ3) is 2.40. The Kier molecular flexibility index (Phi) is 3.65. The molecular formula is C15H24N4O. The summed E-state index contributed by atoms with van der Waals surface area (Å²) >= 11 is 0. The zero-order chi connectivity index (χ0) is 14.3. The number of rotatable bonds is 3. The molecule has 1 saturated heterocycles. The summed E-state index contributed by atoms with van der Waals surface area (Å²) in [6.07, 6.45) is 2.56. The monoisotopic (exact) mass is 276 g/mol. The molecule has 20 heavy (non-hydrogen) atoms. The number of hydrogen-bond acceptors (Lipinski definition) is 5. The van der Waals surface area contributed by atoms with Crippen LogP contribution in [-0.2, 0) is 4.74 Å². The fraction of sp³-hybridized carbons (Fsp3) is 0.733. The van der Waals surface area contributed by atoms with Crippen molar-refractivity contribution in [3.63, 3.8) is 0 Å². The van der Waals surface area contributed by atoms with Crippen LogP contribution in [0.2, 0.25) is 0 Å². The van der Waals surface area contributed by atoms with Gasteiger partial charge in [0.05, 0.1) is 12.1 Å². The molecule has 0 radical (unpaired) electrons. The predicted molar refractivity (Wildman–Crippen MR) is 78.7 cm³/mol. The second kappa shape index (κ2) is 5.30. The Labute approximate surface area is 120 Å². The van der Waals surface area contributed by atoms with Crippen molar-refractivity contribution in [3.05, 3.63) is 17.6 Å². The number of ether oxygens (including phenoxy) is 1. The van der Waals surface area contributed by atoms with Gasteiger partial charge in [-0.25, -0.2) is 9.97 Å². The van der Waals surface area contributed by atoms with Crippen molar-refractivity contribution >= 4 is 5.82 Å². The third-order valence-electron chi connectivity index (χ3n) is 4.38. The normalized spacial score (nSPS) is 32.6. The highest BCUT2D eigenvalue weighted by Gasteiger charge is 2.50. The lowest BCUT2D eigenvalue weighted by Gasteiger charge is -2.52. The van der Waals surface area contributed by atoms with E-state index in [1.54, 1.807) is 0 Å². The van der Waals surface area contributed by atoms with Gasteiger partial charge in [-0.3, -0.25) is 0 Å². The zero-order valence-electron chi connectivity index (χ0n) is 12.5. The minimum absolute atomic E-state index is 0.165. The van der Waals surface area contributed by atoms with Crippen molar-refractivity contribution in [2.45, 2.75) is 57.7 Å². The van der Waals surface area contributed by atoms with Gasteiger partial charge in [-0.15, -0.1) is 0 Å². The molecule has 0 aromatic carbocycles. The van der Waals surface area contributed by atoms with Crippen LogP contribution in [0, 0.1) is 12.8 Å². The Morgan fingerprint density at radius 2 is 2.20 bits per heavy atom. The average molecular weight is 276 g/mol. The molecule has 3 N–H and O–H groups in total. The van der Waals surface area contributed by atoms with E-state index < -0.39 is 0 Å². The van der Waals surface area contributed by atoms with Gasteiger partial charge < -0.3 is 15.8 Å². The summed E-state index contributed by atoms with van der Waals surface area (Å²) in [5, 5.41) is 3.46. The summed E-state index contributed by atoms with van der Waals surface area (Å²) < 4.78 is 5.85. The van der Waals surface area contributed by atoms with Crippen LogP contribution in [0.5, 0.6) is 0 Å². The van der Waals surface area contributed by atoms with Crippen LogP contribution in [0.15, 0.2) is 6.07 Å². The number of aryl methyl sites for hydroxylation is 1. The molecule has 2 aliphatic rings. The van der Waals surface area contributed by atoms with Crippen molar-refractivity contribution in [1.29, 1.82) is 0 Å². The number of aromatic nitrogens is 2. The van der Waals surface area contributed by atoms with Crippen molar-refractivity contribution in [1.82, 2.24) is 9.97 Å². The number of nitrogens with zero attached hydrogens (tertiary/aromatic N) is 2. The molecule has 1 aromatic rings. The second-order valence-corrected chi connectivity index (χ2v) is 6.30. The van der Waals surface area contributed by atoms with Gasteiger partial charge in [0.15, 0.2) is 0 Å². The van der Waals surface area contributed by atoms with Crippen molar-refractivity contribution in [3.8, 4) is 0 Å². The van der Waals surface area contributed by atoms with Gasteiger partial charge in [0, 0.05) is 36.2 Å². The number of anilines is 1. The summed E-state index contributed by atoms with van der Waals surface area (Å²) in [5.74, 6) is 2.58. The van der Waals surface area contributed by atoms with Crippen molar-refractivity contribution in [2.24, 2.45) is 11.7 Å². The van der Waals surface area contributed by atoms with Crippen LogP contribution >= 0.6 is 0 Å². The lowest BCUT2D eigenvalue weighted by molar-refractivity contribution is -0.104. The molecule has 1 aliphatic carbocycles. The fourth-order valence-electron chi connectivity index (χ4n) is 3.22. The Morgan fingerprint density at radius 3 is 2.95 bits per heavy atom. The van der Waals surface area contributed by atoms with Gasteiger partial charge in [0.25, 0.3) is 0 Å². The Bertz CT molecular complexity index is 491. The van der Waals surface area contributed by atoms with E-state index in [1.165, 1.54) is 6.42 Å². The highest BCUT2D eigenvalue weighted by Crippen LogP contribution is 2.38. The lowest BCUT2D eigenvalue weighted by Crippen LogP contribution is -2.69.